The Labute approximate surface area is 185 Å². The number of ether oxygens (including phenoxy) is 1. The summed E-state index contributed by atoms with van der Waals surface area (Å²) in [6, 6.07) is 6.66. The fraction of sp³-hybridized carbons (Fsp3) is 0.435. The van der Waals surface area contributed by atoms with E-state index in [-0.39, 0.29) is 29.9 Å². The number of anilines is 2. The van der Waals surface area contributed by atoms with Crippen LogP contribution in [0.4, 0.5) is 11.5 Å². The Morgan fingerprint density at radius 3 is 2.47 bits per heavy atom. The van der Waals surface area contributed by atoms with Crippen LogP contribution in [0.5, 0.6) is 5.75 Å². The molecule has 32 heavy (non-hydrogen) atoms. The lowest BCUT2D eigenvalue weighted by molar-refractivity contribution is 0.414. The van der Waals surface area contributed by atoms with Crippen LogP contribution < -0.4 is 32.2 Å². The maximum Gasteiger partial charge on any atom is 0.336 e. The number of hydrogen-bond donors (Lipinski definition) is 2. The summed E-state index contributed by atoms with van der Waals surface area (Å²) in [6.45, 7) is 9.07. The summed E-state index contributed by atoms with van der Waals surface area (Å²) in [5, 5.41) is 0.727. The fourth-order valence-electron chi connectivity index (χ4n) is 3.78. The van der Waals surface area contributed by atoms with Gasteiger partial charge in [0.2, 0.25) is 0 Å². The molecule has 1 aromatic carbocycles. The van der Waals surface area contributed by atoms with Crippen molar-refractivity contribution in [1.29, 1.82) is 0 Å². The Balaban J connectivity index is 2.17. The van der Waals surface area contributed by atoms with E-state index in [9.17, 15) is 14.4 Å². The quantitative estimate of drug-likeness (QED) is 0.514. The van der Waals surface area contributed by atoms with Crippen molar-refractivity contribution in [2.24, 2.45) is 11.8 Å². The van der Waals surface area contributed by atoms with Crippen LogP contribution in [0.25, 0.3) is 11.0 Å². The van der Waals surface area contributed by atoms with E-state index in [0.717, 1.165) is 5.39 Å². The number of nitrogen functional groups attached to an aromatic ring is 1. The second-order valence-corrected chi connectivity index (χ2v) is 8.72. The van der Waals surface area contributed by atoms with Crippen molar-refractivity contribution in [3.8, 4) is 5.75 Å². The molecular weight excluding hydrogens is 412 g/mol. The molecule has 3 rings (SSSR count). The van der Waals surface area contributed by atoms with Gasteiger partial charge in [0.25, 0.3) is 5.56 Å². The average molecular weight is 443 g/mol. The van der Waals surface area contributed by atoms with Crippen LogP contribution in [-0.4, -0.2) is 23.2 Å². The summed E-state index contributed by atoms with van der Waals surface area (Å²) in [5.41, 5.74) is 6.05. The number of fused-ring (bicyclic) bond motifs is 1. The highest BCUT2D eigenvalue weighted by molar-refractivity contribution is 5.82. The molecule has 0 atom stereocenters. The highest BCUT2D eigenvalue weighted by Crippen LogP contribution is 2.26. The lowest BCUT2D eigenvalue weighted by Crippen LogP contribution is -2.40. The molecule has 0 amide bonds. The number of aromatic nitrogens is 2. The standard InChI is InChI=1S/C23H30N4O5/c1-13(2)10-26(20-21(24)27(11-14(3)4)23(30)25-22(20)29)12-15-8-19(28)32-18-9-16(31-5)6-7-17(15)18/h6-9,13-14H,10-12,24H2,1-5H3,(H,25,29,30). The topological polar surface area (TPSA) is 124 Å². The lowest BCUT2D eigenvalue weighted by Gasteiger charge is -2.28. The minimum absolute atomic E-state index is 0.113. The van der Waals surface area contributed by atoms with Crippen molar-refractivity contribution in [3.63, 3.8) is 0 Å². The van der Waals surface area contributed by atoms with Gasteiger partial charge in [0, 0.05) is 37.2 Å². The van der Waals surface area contributed by atoms with Crippen molar-refractivity contribution < 1.29 is 9.15 Å². The molecule has 9 nitrogen and oxygen atoms in total. The van der Waals surface area contributed by atoms with Crippen LogP contribution in [0.2, 0.25) is 0 Å². The first-order chi connectivity index (χ1) is 15.1. The first kappa shape index (κ1) is 23.2. The predicted molar refractivity (Wildman–Crippen MR) is 125 cm³/mol. The fourth-order valence-corrected chi connectivity index (χ4v) is 3.78. The van der Waals surface area contributed by atoms with Gasteiger partial charge in [-0.15, -0.1) is 0 Å². The minimum Gasteiger partial charge on any atom is -0.497 e. The van der Waals surface area contributed by atoms with Crippen LogP contribution in [-0.2, 0) is 13.1 Å². The molecule has 0 spiro atoms. The maximum atomic E-state index is 12.8. The summed E-state index contributed by atoms with van der Waals surface area (Å²) in [6.07, 6.45) is 0. The number of methoxy groups -OCH3 is 1. The van der Waals surface area contributed by atoms with E-state index in [1.54, 1.807) is 12.1 Å². The van der Waals surface area contributed by atoms with E-state index in [2.05, 4.69) is 4.98 Å². The summed E-state index contributed by atoms with van der Waals surface area (Å²) in [4.78, 5) is 41.7. The van der Waals surface area contributed by atoms with Gasteiger partial charge in [-0.1, -0.05) is 27.7 Å². The van der Waals surface area contributed by atoms with Gasteiger partial charge in [-0.3, -0.25) is 14.3 Å². The van der Waals surface area contributed by atoms with Crippen molar-refractivity contribution in [1.82, 2.24) is 9.55 Å². The molecule has 9 heteroatoms. The Hall–Kier alpha value is -3.49. The van der Waals surface area contributed by atoms with Crippen LogP contribution in [0.15, 0.2) is 43.1 Å². The molecule has 0 radical (unpaired) electrons. The van der Waals surface area contributed by atoms with Gasteiger partial charge in [-0.25, -0.2) is 9.59 Å². The summed E-state index contributed by atoms with van der Waals surface area (Å²) >= 11 is 0. The molecule has 3 N–H and O–H groups in total. The van der Waals surface area contributed by atoms with E-state index in [1.807, 2.05) is 38.7 Å². The van der Waals surface area contributed by atoms with Crippen molar-refractivity contribution in [3.05, 3.63) is 61.1 Å². The molecule has 2 aromatic heterocycles. The van der Waals surface area contributed by atoms with E-state index in [4.69, 9.17) is 14.9 Å². The minimum atomic E-state index is -0.554. The zero-order valence-corrected chi connectivity index (χ0v) is 19.1. The zero-order chi connectivity index (χ0) is 23.6. The summed E-state index contributed by atoms with van der Waals surface area (Å²) in [5.74, 6) is 1.02. The molecule has 2 heterocycles. The SMILES string of the molecule is COc1ccc2c(CN(CC(C)C)c3c(N)n(CC(C)C)c(=O)[nH]c3=O)cc(=O)oc2c1. The number of hydrogen-bond acceptors (Lipinski definition) is 7. The monoisotopic (exact) mass is 442 g/mol. The number of nitrogens with two attached hydrogens (primary N) is 1. The molecule has 0 aliphatic heterocycles. The number of nitrogens with one attached hydrogen (secondary N) is 1. The Kier molecular flexibility index (Phi) is 6.76. The molecule has 0 saturated heterocycles. The van der Waals surface area contributed by atoms with E-state index in [1.165, 1.54) is 17.7 Å². The molecule has 0 fully saturated rings. The maximum absolute atomic E-state index is 12.8. The van der Waals surface area contributed by atoms with E-state index < -0.39 is 16.9 Å². The molecule has 0 bridgehead atoms. The highest BCUT2D eigenvalue weighted by atomic mass is 16.5. The summed E-state index contributed by atoms with van der Waals surface area (Å²) in [7, 11) is 1.54. The third-order valence-corrected chi connectivity index (χ3v) is 5.06. The van der Waals surface area contributed by atoms with Crippen LogP contribution in [0.3, 0.4) is 0 Å². The van der Waals surface area contributed by atoms with E-state index >= 15 is 0 Å². The zero-order valence-electron chi connectivity index (χ0n) is 19.1. The molecule has 3 aromatic rings. The molecular formula is C23H30N4O5. The third kappa shape index (κ3) is 4.87. The van der Waals surface area contributed by atoms with Crippen molar-refractivity contribution in [2.45, 2.75) is 40.8 Å². The van der Waals surface area contributed by atoms with Gasteiger partial charge in [-0.05, 0) is 29.5 Å². The smallest absolute Gasteiger partial charge is 0.336 e. The number of nitrogens with zero attached hydrogens (tertiary/aromatic N) is 2. The highest BCUT2D eigenvalue weighted by Gasteiger charge is 2.22. The normalized spacial score (nSPS) is 11.5. The molecule has 0 aliphatic rings. The largest absolute Gasteiger partial charge is 0.497 e. The molecule has 172 valence electrons. The second kappa shape index (κ2) is 9.33. The first-order valence-electron chi connectivity index (χ1n) is 10.6. The van der Waals surface area contributed by atoms with Crippen LogP contribution in [0, 0.1) is 11.8 Å². The Bertz CT molecular complexity index is 1290. The lowest BCUT2D eigenvalue weighted by atomic mass is 10.1. The predicted octanol–water partition coefficient (Wildman–Crippen LogP) is 2.55. The van der Waals surface area contributed by atoms with Gasteiger partial charge < -0.3 is 19.8 Å². The Morgan fingerprint density at radius 1 is 1.12 bits per heavy atom. The Morgan fingerprint density at radius 2 is 1.84 bits per heavy atom. The van der Waals surface area contributed by atoms with Gasteiger partial charge in [0.05, 0.1) is 7.11 Å². The molecule has 0 aliphatic carbocycles. The average Bonchev–Trinajstić information content (AvgIpc) is 2.69. The number of aromatic amines is 1. The van der Waals surface area contributed by atoms with Crippen LogP contribution in [0.1, 0.15) is 33.3 Å². The van der Waals surface area contributed by atoms with Gasteiger partial charge >= 0.3 is 11.3 Å². The van der Waals surface area contributed by atoms with E-state index in [0.29, 0.717) is 30.0 Å². The van der Waals surface area contributed by atoms with Crippen LogP contribution >= 0.6 is 0 Å². The first-order valence-corrected chi connectivity index (χ1v) is 10.6. The number of benzene rings is 1. The molecule has 0 unspecified atom stereocenters. The summed E-state index contributed by atoms with van der Waals surface area (Å²) < 4.78 is 12.0. The van der Waals surface area contributed by atoms with Crippen molar-refractivity contribution >= 4 is 22.5 Å². The third-order valence-electron chi connectivity index (χ3n) is 5.06. The number of rotatable bonds is 8. The molecule has 0 saturated carbocycles. The van der Waals surface area contributed by atoms with Crippen molar-refractivity contribution in [2.75, 3.05) is 24.3 Å². The van der Waals surface area contributed by atoms with Gasteiger partial charge in [-0.2, -0.15) is 0 Å². The van der Waals surface area contributed by atoms with Gasteiger partial charge in [0.1, 0.15) is 22.8 Å². The van der Waals surface area contributed by atoms with Gasteiger partial charge in [0.15, 0.2) is 0 Å². The number of H-pyrrole nitrogens is 1. The second-order valence-electron chi connectivity index (χ2n) is 8.72.